The lowest BCUT2D eigenvalue weighted by molar-refractivity contribution is -0.137. The van der Waals surface area contributed by atoms with Crippen molar-refractivity contribution in [2.24, 2.45) is 0 Å². The second-order valence-corrected chi connectivity index (χ2v) is 5.51. The van der Waals surface area contributed by atoms with Gasteiger partial charge in [-0.2, -0.15) is 13.2 Å². The molecule has 100 valence electrons. The van der Waals surface area contributed by atoms with Crippen LogP contribution >= 0.6 is 15.9 Å². The Labute approximate surface area is 113 Å². The van der Waals surface area contributed by atoms with Crippen LogP contribution in [0.5, 0.6) is 0 Å². The lowest BCUT2D eigenvalue weighted by Gasteiger charge is -2.24. The summed E-state index contributed by atoms with van der Waals surface area (Å²) in [6, 6.07) is 4.27. The highest BCUT2D eigenvalue weighted by molar-refractivity contribution is 9.10. The third kappa shape index (κ3) is 3.48. The molecule has 1 fully saturated rings. The van der Waals surface area contributed by atoms with Crippen molar-refractivity contribution in [2.45, 2.75) is 37.9 Å². The lowest BCUT2D eigenvalue weighted by Crippen LogP contribution is -2.35. The van der Waals surface area contributed by atoms with Gasteiger partial charge >= 0.3 is 6.18 Å². The van der Waals surface area contributed by atoms with Crippen LogP contribution in [0.3, 0.4) is 0 Å². The van der Waals surface area contributed by atoms with Crippen molar-refractivity contribution >= 4 is 15.9 Å². The summed E-state index contributed by atoms with van der Waals surface area (Å²) in [4.78, 5) is 0. The number of alkyl halides is 3. The van der Waals surface area contributed by atoms with Crippen molar-refractivity contribution < 1.29 is 13.2 Å². The minimum atomic E-state index is -4.27. The summed E-state index contributed by atoms with van der Waals surface area (Å²) in [6.07, 6.45) is -0.0308. The first-order chi connectivity index (χ1) is 8.47. The van der Waals surface area contributed by atoms with Gasteiger partial charge in [-0.05, 0) is 43.5 Å². The predicted octanol–water partition coefficient (Wildman–Crippen LogP) is 4.15. The number of piperidine rings is 1. The molecule has 0 radical (unpaired) electrons. The molecule has 1 atom stereocenters. The molecule has 1 unspecified atom stereocenters. The Kier molecular flexibility index (Phi) is 4.33. The van der Waals surface area contributed by atoms with Gasteiger partial charge in [0.15, 0.2) is 0 Å². The Morgan fingerprint density at radius 1 is 1.28 bits per heavy atom. The Balaban J connectivity index is 2.09. The second-order valence-electron chi connectivity index (χ2n) is 4.65. The largest absolute Gasteiger partial charge is 0.416 e. The van der Waals surface area contributed by atoms with E-state index < -0.39 is 11.7 Å². The number of halogens is 4. The van der Waals surface area contributed by atoms with Crippen LogP contribution in [0.2, 0.25) is 0 Å². The topological polar surface area (TPSA) is 12.0 Å². The summed E-state index contributed by atoms with van der Waals surface area (Å²) in [7, 11) is 0. The van der Waals surface area contributed by atoms with Gasteiger partial charge in [0.1, 0.15) is 0 Å². The van der Waals surface area contributed by atoms with Crippen molar-refractivity contribution in [1.29, 1.82) is 0 Å². The van der Waals surface area contributed by atoms with Gasteiger partial charge in [0.25, 0.3) is 0 Å². The number of benzene rings is 1. The van der Waals surface area contributed by atoms with Gasteiger partial charge < -0.3 is 5.32 Å². The molecular formula is C13H15BrF3N. The van der Waals surface area contributed by atoms with Crippen LogP contribution in [0.15, 0.2) is 22.7 Å². The molecule has 1 heterocycles. The monoisotopic (exact) mass is 321 g/mol. The fraction of sp³-hybridized carbons (Fsp3) is 0.538. The van der Waals surface area contributed by atoms with Gasteiger partial charge in [-0.25, -0.2) is 0 Å². The SMILES string of the molecule is FC(F)(F)c1ccc(CC2CCCCN2)c(Br)c1. The Morgan fingerprint density at radius 2 is 2.06 bits per heavy atom. The maximum Gasteiger partial charge on any atom is 0.416 e. The van der Waals surface area contributed by atoms with Gasteiger partial charge in [-0.1, -0.05) is 28.4 Å². The summed E-state index contributed by atoms with van der Waals surface area (Å²) in [5, 5.41) is 3.40. The highest BCUT2D eigenvalue weighted by Crippen LogP contribution is 2.32. The summed E-state index contributed by atoms with van der Waals surface area (Å²) in [5.41, 5.74) is 0.331. The summed E-state index contributed by atoms with van der Waals surface area (Å²) in [6.45, 7) is 1.00. The standard InChI is InChI=1S/C13H15BrF3N/c14-12-8-10(13(15,16)17)5-4-9(12)7-11-3-1-2-6-18-11/h4-5,8,11,18H,1-3,6-7H2. The Morgan fingerprint density at radius 3 is 2.61 bits per heavy atom. The smallest absolute Gasteiger partial charge is 0.314 e. The minimum absolute atomic E-state index is 0.381. The normalized spacial score (nSPS) is 21.0. The minimum Gasteiger partial charge on any atom is -0.314 e. The molecule has 5 heteroatoms. The number of hydrogen-bond donors (Lipinski definition) is 1. The van der Waals surface area contributed by atoms with Crippen LogP contribution in [0.4, 0.5) is 13.2 Å². The third-order valence-electron chi connectivity index (χ3n) is 3.26. The van der Waals surface area contributed by atoms with Gasteiger partial charge in [-0.3, -0.25) is 0 Å². The molecule has 0 bridgehead atoms. The molecule has 18 heavy (non-hydrogen) atoms. The molecule has 1 aliphatic rings. The first-order valence-corrected chi connectivity index (χ1v) is 6.85. The first kappa shape index (κ1) is 13.9. The van der Waals surface area contributed by atoms with E-state index in [4.69, 9.17) is 0 Å². The van der Waals surface area contributed by atoms with E-state index in [0.717, 1.165) is 37.1 Å². The molecule has 0 amide bonds. The van der Waals surface area contributed by atoms with E-state index in [-0.39, 0.29) is 0 Å². The fourth-order valence-electron chi connectivity index (χ4n) is 2.25. The molecule has 2 rings (SSSR count). The molecule has 1 aromatic rings. The van der Waals surface area contributed by atoms with Crippen molar-refractivity contribution in [3.63, 3.8) is 0 Å². The van der Waals surface area contributed by atoms with E-state index in [0.29, 0.717) is 10.5 Å². The van der Waals surface area contributed by atoms with E-state index in [2.05, 4.69) is 21.2 Å². The zero-order valence-electron chi connectivity index (χ0n) is 9.86. The van der Waals surface area contributed by atoms with Crippen LogP contribution in [0, 0.1) is 0 Å². The van der Waals surface area contributed by atoms with Crippen LogP contribution in [0.25, 0.3) is 0 Å². The van der Waals surface area contributed by atoms with Crippen molar-refractivity contribution in [2.75, 3.05) is 6.54 Å². The van der Waals surface area contributed by atoms with Gasteiger partial charge in [-0.15, -0.1) is 0 Å². The Hall–Kier alpha value is -0.550. The maximum atomic E-state index is 12.5. The van der Waals surface area contributed by atoms with E-state index in [9.17, 15) is 13.2 Å². The van der Waals surface area contributed by atoms with Crippen LogP contribution in [-0.4, -0.2) is 12.6 Å². The molecule has 0 aliphatic carbocycles. The van der Waals surface area contributed by atoms with E-state index in [1.54, 1.807) is 6.07 Å². The molecule has 0 saturated carbocycles. The van der Waals surface area contributed by atoms with Gasteiger partial charge in [0.2, 0.25) is 0 Å². The zero-order chi connectivity index (χ0) is 13.2. The molecule has 1 saturated heterocycles. The van der Waals surface area contributed by atoms with E-state index in [1.807, 2.05) is 0 Å². The number of rotatable bonds is 2. The zero-order valence-corrected chi connectivity index (χ0v) is 11.4. The maximum absolute atomic E-state index is 12.5. The van der Waals surface area contributed by atoms with Gasteiger partial charge in [0.05, 0.1) is 5.56 Å². The fourth-order valence-corrected chi connectivity index (χ4v) is 2.79. The van der Waals surface area contributed by atoms with Crippen molar-refractivity contribution in [1.82, 2.24) is 5.32 Å². The molecule has 1 aliphatic heterocycles. The molecule has 1 nitrogen and oxygen atoms in total. The Bertz CT molecular complexity index is 411. The summed E-state index contributed by atoms with van der Waals surface area (Å²) in [5.74, 6) is 0. The summed E-state index contributed by atoms with van der Waals surface area (Å²) >= 11 is 3.24. The quantitative estimate of drug-likeness (QED) is 0.862. The van der Waals surface area contributed by atoms with Crippen LogP contribution in [0.1, 0.15) is 30.4 Å². The molecule has 1 N–H and O–H groups in total. The molecule has 0 aromatic heterocycles. The van der Waals surface area contributed by atoms with E-state index >= 15 is 0 Å². The molecular weight excluding hydrogens is 307 g/mol. The number of hydrogen-bond acceptors (Lipinski definition) is 1. The van der Waals surface area contributed by atoms with Crippen LogP contribution < -0.4 is 5.32 Å². The average Bonchev–Trinajstić information content (AvgIpc) is 2.32. The first-order valence-electron chi connectivity index (χ1n) is 6.06. The van der Waals surface area contributed by atoms with Crippen molar-refractivity contribution in [3.8, 4) is 0 Å². The highest BCUT2D eigenvalue weighted by Gasteiger charge is 2.30. The lowest BCUT2D eigenvalue weighted by atomic mass is 9.97. The number of nitrogens with one attached hydrogen (secondary N) is 1. The summed E-state index contributed by atoms with van der Waals surface area (Å²) < 4.78 is 38.1. The average molecular weight is 322 g/mol. The predicted molar refractivity (Wildman–Crippen MR) is 68.5 cm³/mol. The second kappa shape index (κ2) is 5.61. The third-order valence-corrected chi connectivity index (χ3v) is 4.00. The highest BCUT2D eigenvalue weighted by atomic mass is 79.9. The van der Waals surface area contributed by atoms with Crippen molar-refractivity contribution in [3.05, 3.63) is 33.8 Å². The van der Waals surface area contributed by atoms with E-state index in [1.165, 1.54) is 12.8 Å². The molecule has 1 aromatic carbocycles. The molecule has 0 spiro atoms. The van der Waals surface area contributed by atoms with Crippen LogP contribution in [-0.2, 0) is 12.6 Å². The van der Waals surface area contributed by atoms with Gasteiger partial charge in [0, 0.05) is 10.5 Å².